The van der Waals surface area contributed by atoms with Crippen LogP contribution in [0, 0.1) is 0 Å². The number of pyridine rings is 1. The molecule has 1 aromatic heterocycles. The molecule has 1 aromatic rings. The Morgan fingerprint density at radius 3 is 2.67 bits per heavy atom. The molecule has 8 heteroatoms. The van der Waals surface area contributed by atoms with Crippen LogP contribution in [-0.2, 0) is 6.18 Å². The van der Waals surface area contributed by atoms with Crippen LogP contribution in [0.1, 0.15) is 24.8 Å². The van der Waals surface area contributed by atoms with Crippen LogP contribution in [0.25, 0.3) is 0 Å². The molecule has 5 nitrogen and oxygen atoms in total. The van der Waals surface area contributed by atoms with Crippen LogP contribution in [0.3, 0.4) is 0 Å². The van der Waals surface area contributed by atoms with Crippen molar-refractivity contribution in [1.82, 2.24) is 9.88 Å². The van der Waals surface area contributed by atoms with E-state index in [9.17, 15) is 23.1 Å². The van der Waals surface area contributed by atoms with E-state index >= 15 is 0 Å². The molecule has 114 valence electrons. The number of fused-ring (bicyclic) bond motifs is 2. The average molecular weight is 300 g/mol. The summed E-state index contributed by atoms with van der Waals surface area (Å²) in [6.07, 6.45) is -2.67. The smallest absolute Gasteiger partial charge is 0.417 e. The van der Waals surface area contributed by atoms with Gasteiger partial charge in [-0.3, -0.25) is 0 Å². The number of nitrogens with zero attached hydrogens (tertiary/aromatic N) is 2. The van der Waals surface area contributed by atoms with E-state index < -0.39 is 17.8 Å². The van der Waals surface area contributed by atoms with Gasteiger partial charge in [0, 0.05) is 18.3 Å². The lowest BCUT2D eigenvalue weighted by atomic mass is 9.95. The summed E-state index contributed by atoms with van der Waals surface area (Å²) in [5.74, 6) is 0.318. The maximum absolute atomic E-state index is 12.4. The van der Waals surface area contributed by atoms with Crippen LogP contribution in [0.4, 0.5) is 23.8 Å². The number of hydrogen-bond acceptors (Lipinski definition) is 4. The van der Waals surface area contributed by atoms with Gasteiger partial charge in [0.05, 0.1) is 11.6 Å². The summed E-state index contributed by atoms with van der Waals surface area (Å²) < 4.78 is 37.3. The Bertz CT molecular complexity index is 547. The maximum atomic E-state index is 12.4. The number of alkyl halides is 3. The number of carbonyl (C=O) groups excluding carboxylic acids is 1. The molecule has 3 heterocycles. The highest BCUT2D eigenvalue weighted by molar-refractivity contribution is 5.65. The monoisotopic (exact) mass is 300 g/mol. The van der Waals surface area contributed by atoms with Gasteiger partial charge in [0.1, 0.15) is 11.9 Å². The Hall–Kier alpha value is -1.99. The summed E-state index contributed by atoms with van der Waals surface area (Å²) in [7, 11) is 0. The molecule has 2 aliphatic rings. The zero-order valence-corrected chi connectivity index (χ0v) is 10.9. The quantitative estimate of drug-likeness (QED) is 0.898. The number of carbonyl (C=O) groups is 1. The standard InChI is InChI=1S/C13H14F3N3O2/c14-13(15,16)7-1-4-11(17-6-7)18-9-5-8-2-3-10(9)19(8)12(20)21/h1,4,6,8-10H,2-3,5H2,(H,17,18)(H,20,21)/p-1. The molecule has 1 N–H and O–H groups in total. The highest BCUT2D eigenvalue weighted by Crippen LogP contribution is 2.38. The highest BCUT2D eigenvalue weighted by Gasteiger charge is 2.46. The van der Waals surface area contributed by atoms with E-state index in [0.29, 0.717) is 12.2 Å². The summed E-state index contributed by atoms with van der Waals surface area (Å²) in [5, 5.41) is 14.1. The SMILES string of the molecule is O=C([O-])N1C2CCC1C(Nc1ccc(C(F)(F)F)cn1)C2. The molecule has 0 aliphatic carbocycles. The van der Waals surface area contributed by atoms with E-state index in [1.807, 2.05) is 0 Å². The van der Waals surface area contributed by atoms with Crippen molar-refractivity contribution in [3.8, 4) is 0 Å². The van der Waals surface area contributed by atoms with Gasteiger partial charge in [-0.1, -0.05) is 0 Å². The molecule has 3 rings (SSSR count). The van der Waals surface area contributed by atoms with E-state index in [4.69, 9.17) is 0 Å². The number of halogens is 3. The first-order valence-corrected chi connectivity index (χ1v) is 6.65. The lowest BCUT2D eigenvalue weighted by molar-refractivity contribution is -0.267. The van der Waals surface area contributed by atoms with E-state index in [0.717, 1.165) is 25.1 Å². The number of amides is 1. The van der Waals surface area contributed by atoms with Crippen molar-refractivity contribution in [3.05, 3.63) is 23.9 Å². The van der Waals surface area contributed by atoms with E-state index in [1.165, 1.54) is 11.0 Å². The Labute approximate surface area is 118 Å². The van der Waals surface area contributed by atoms with Crippen LogP contribution < -0.4 is 10.4 Å². The molecule has 0 saturated carbocycles. The molecule has 3 atom stereocenters. The zero-order chi connectivity index (χ0) is 15.2. The fraction of sp³-hybridized carbons (Fsp3) is 0.538. The van der Waals surface area contributed by atoms with Crippen LogP contribution >= 0.6 is 0 Å². The normalized spacial score (nSPS) is 28.0. The Morgan fingerprint density at radius 1 is 1.38 bits per heavy atom. The minimum atomic E-state index is -4.41. The van der Waals surface area contributed by atoms with Gasteiger partial charge >= 0.3 is 6.18 Å². The van der Waals surface area contributed by atoms with Crippen molar-refractivity contribution < 1.29 is 23.1 Å². The third-order valence-electron chi connectivity index (χ3n) is 4.17. The first-order chi connectivity index (χ1) is 9.86. The molecule has 0 spiro atoms. The molecule has 21 heavy (non-hydrogen) atoms. The van der Waals surface area contributed by atoms with E-state index in [-0.39, 0.29) is 18.1 Å². The van der Waals surface area contributed by atoms with Gasteiger partial charge < -0.3 is 20.1 Å². The maximum Gasteiger partial charge on any atom is 0.417 e. The van der Waals surface area contributed by atoms with Gasteiger partial charge in [-0.05, 0) is 31.4 Å². The van der Waals surface area contributed by atoms with Crippen molar-refractivity contribution in [1.29, 1.82) is 0 Å². The van der Waals surface area contributed by atoms with Crippen LogP contribution in [0.5, 0.6) is 0 Å². The lowest BCUT2D eigenvalue weighted by Gasteiger charge is -2.27. The Balaban J connectivity index is 1.70. The van der Waals surface area contributed by atoms with Gasteiger partial charge in [0.25, 0.3) is 0 Å². The summed E-state index contributed by atoms with van der Waals surface area (Å²) >= 11 is 0. The number of aromatic nitrogens is 1. The molecule has 1 amide bonds. The molecule has 2 aliphatic heterocycles. The lowest BCUT2D eigenvalue weighted by Crippen LogP contribution is -2.46. The minimum Gasteiger partial charge on any atom is -0.530 e. The van der Waals surface area contributed by atoms with Crippen LogP contribution in [-0.4, -0.2) is 34.1 Å². The summed E-state index contributed by atoms with van der Waals surface area (Å²) in [6.45, 7) is 0. The number of anilines is 1. The third-order valence-corrected chi connectivity index (χ3v) is 4.17. The summed E-state index contributed by atoms with van der Waals surface area (Å²) in [6, 6.07) is 1.83. The Morgan fingerprint density at radius 2 is 2.14 bits per heavy atom. The van der Waals surface area contributed by atoms with Crippen LogP contribution in [0.2, 0.25) is 0 Å². The van der Waals surface area contributed by atoms with Crippen molar-refractivity contribution >= 4 is 11.9 Å². The van der Waals surface area contributed by atoms with E-state index in [1.54, 1.807) is 0 Å². The van der Waals surface area contributed by atoms with Gasteiger partial charge in [-0.2, -0.15) is 13.2 Å². The fourth-order valence-corrected chi connectivity index (χ4v) is 3.27. The molecular formula is C13H13F3N3O2-. The topological polar surface area (TPSA) is 68.3 Å². The van der Waals surface area contributed by atoms with Gasteiger partial charge in [0.2, 0.25) is 0 Å². The van der Waals surface area contributed by atoms with Gasteiger partial charge in [0.15, 0.2) is 0 Å². The molecule has 2 fully saturated rings. The highest BCUT2D eigenvalue weighted by atomic mass is 19.4. The van der Waals surface area contributed by atoms with Crippen molar-refractivity contribution in [2.75, 3.05) is 5.32 Å². The Kier molecular flexibility index (Phi) is 3.18. The third kappa shape index (κ3) is 2.50. The average Bonchev–Trinajstić information content (AvgIpc) is 2.95. The number of rotatable bonds is 2. The molecule has 2 bridgehead atoms. The predicted octanol–water partition coefficient (Wildman–Crippen LogP) is 1.46. The van der Waals surface area contributed by atoms with Gasteiger partial charge in [-0.25, -0.2) is 4.98 Å². The molecular weight excluding hydrogens is 287 g/mol. The predicted molar refractivity (Wildman–Crippen MR) is 65.3 cm³/mol. The second-order valence-electron chi connectivity index (χ2n) is 5.39. The zero-order valence-electron chi connectivity index (χ0n) is 10.9. The molecule has 3 unspecified atom stereocenters. The van der Waals surface area contributed by atoms with Gasteiger partial charge in [-0.15, -0.1) is 0 Å². The number of nitrogens with one attached hydrogen (secondary N) is 1. The van der Waals surface area contributed by atoms with Crippen molar-refractivity contribution in [3.63, 3.8) is 0 Å². The second kappa shape index (κ2) is 4.78. The largest absolute Gasteiger partial charge is 0.530 e. The first kappa shape index (κ1) is 14.0. The molecule has 2 saturated heterocycles. The van der Waals surface area contributed by atoms with Crippen molar-refractivity contribution in [2.45, 2.75) is 43.6 Å². The second-order valence-corrected chi connectivity index (χ2v) is 5.39. The summed E-state index contributed by atoms with van der Waals surface area (Å²) in [5.41, 5.74) is -0.808. The van der Waals surface area contributed by atoms with Crippen molar-refractivity contribution in [2.24, 2.45) is 0 Å². The fourth-order valence-electron chi connectivity index (χ4n) is 3.27. The number of hydrogen-bond donors (Lipinski definition) is 1. The molecule has 0 radical (unpaired) electrons. The first-order valence-electron chi connectivity index (χ1n) is 6.65. The number of carboxylic acid groups (broad SMARTS) is 1. The van der Waals surface area contributed by atoms with E-state index in [2.05, 4.69) is 10.3 Å². The minimum absolute atomic E-state index is 0.0630. The summed E-state index contributed by atoms with van der Waals surface area (Å²) in [4.78, 5) is 16.1. The van der Waals surface area contributed by atoms with Crippen LogP contribution in [0.15, 0.2) is 18.3 Å². The molecule has 0 aromatic carbocycles.